The first-order valence-corrected chi connectivity index (χ1v) is 11.6. The maximum Gasteiger partial charge on any atom is 0.453 e. The third-order valence-corrected chi connectivity index (χ3v) is 8.50. The third kappa shape index (κ3) is 5.04. The monoisotopic (exact) mass is 502 g/mol. The van der Waals surface area contributed by atoms with Crippen LogP contribution < -0.4 is 4.90 Å². The topological polar surface area (TPSA) is 113 Å². The minimum atomic E-state index is -5.63. The molecule has 3 rings (SSSR count). The molecule has 0 atom stereocenters. The van der Waals surface area contributed by atoms with Gasteiger partial charge in [0.1, 0.15) is 5.82 Å². The van der Waals surface area contributed by atoms with Gasteiger partial charge in [-0.25, -0.2) is 13.4 Å². The summed E-state index contributed by atoms with van der Waals surface area (Å²) in [6.07, 6.45) is -5.67. The summed E-state index contributed by atoms with van der Waals surface area (Å²) in [6, 6.07) is 0. The van der Waals surface area contributed by atoms with Crippen LogP contribution in [0.25, 0.3) is 0 Å². The summed E-state index contributed by atoms with van der Waals surface area (Å²) in [7, 11) is -4.16. The maximum absolute atomic E-state index is 13.1. The molecule has 0 bridgehead atoms. The van der Waals surface area contributed by atoms with E-state index in [0.29, 0.717) is 5.82 Å². The van der Waals surface area contributed by atoms with Crippen LogP contribution in [0.5, 0.6) is 0 Å². The highest BCUT2D eigenvalue weighted by molar-refractivity contribution is 7.91. The largest absolute Gasteiger partial charge is 0.480 e. The number of sulfonamides is 1. The van der Waals surface area contributed by atoms with Crippen LogP contribution in [0.3, 0.4) is 0 Å². The van der Waals surface area contributed by atoms with Crippen LogP contribution in [0.2, 0.25) is 0 Å². The summed E-state index contributed by atoms with van der Waals surface area (Å²) < 4.78 is 93.5. The van der Waals surface area contributed by atoms with E-state index in [1.54, 1.807) is 4.90 Å². The fourth-order valence-electron chi connectivity index (χ4n) is 3.76. The number of aromatic nitrogens is 2. The van der Waals surface area contributed by atoms with E-state index in [1.165, 1.54) is 6.20 Å². The first-order chi connectivity index (χ1) is 15.3. The number of carboxylic acids is 1. The highest BCUT2D eigenvalue weighted by atomic mass is 32.2. The minimum Gasteiger partial charge on any atom is -0.480 e. The Bertz CT molecular complexity index is 944. The van der Waals surface area contributed by atoms with Gasteiger partial charge in [-0.15, -0.1) is 0 Å². The van der Waals surface area contributed by atoms with E-state index >= 15 is 0 Å². The molecule has 33 heavy (non-hydrogen) atoms. The van der Waals surface area contributed by atoms with Gasteiger partial charge in [0.25, 0.3) is 0 Å². The van der Waals surface area contributed by atoms with Crippen LogP contribution in [0.1, 0.15) is 25.0 Å². The second-order valence-corrected chi connectivity index (χ2v) is 10.1. The molecular formula is C18H23F5N4O5S. The molecule has 1 N–H and O–H groups in total. The summed E-state index contributed by atoms with van der Waals surface area (Å²) in [5, 5.41) is 9.65. The van der Waals surface area contributed by atoms with Crippen LogP contribution in [-0.4, -0.2) is 90.0 Å². The quantitative estimate of drug-likeness (QED) is 0.561. The molecule has 9 nitrogen and oxygen atoms in total. The molecule has 186 valence electrons. The molecule has 1 aromatic rings. The Balaban J connectivity index is 1.61. The van der Waals surface area contributed by atoms with Crippen molar-refractivity contribution in [2.45, 2.75) is 42.5 Å². The van der Waals surface area contributed by atoms with Crippen molar-refractivity contribution in [3.63, 3.8) is 0 Å². The lowest BCUT2D eigenvalue weighted by atomic mass is 9.99. The van der Waals surface area contributed by atoms with Gasteiger partial charge >= 0.3 is 18.1 Å². The molecule has 0 aliphatic carbocycles. The van der Waals surface area contributed by atoms with Crippen LogP contribution in [0.4, 0.5) is 27.8 Å². The standard InChI is InChI=1S/C18H23F5N4O5S/c19-17(20,18(21,22)23)2-1-13-11-25-14(12-24-13)26-5-7-27(8-6-26)33(30,31)16(15(28)29)3-9-32-10-4-16/h11-12H,1-10H2,(H,28,29). The van der Waals surface area contributed by atoms with E-state index in [4.69, 9.17) is 4.74 Å². The molecule has 1 aromatic heterocycles. The van der Waals surface area contributed by atoms with Crippen molar-refractivity contribution in [3.05, 3.63) is 18.1 Å². The van der Waals surface area contributed by atoms with E-state index in [-0.39, 0.29) is 57.9 Å². The van der Waals surface area contributed by atoms with Crippen molar-refractivity contribution in [2.24, 2.45) is 0 Å². The van der Waals surface area contributed by atoms with Gasteiger partial charge in [0.15, 0.2) is 4.75 Å². The fraction of sp³-hybridized carbons (Fsp3) is 0.722. The predicted molar refractivity (Wildman–Crippen MR) is 104 cm³/mol. The van der Waals surface area contributed by atoms with Crippen LogP contribution in [0, 0.1) is 0 Å². The van der Waals surface area contributed by atoms with E-state index in [2.05, 4.69) is 9.97 Å². The molecule has 0 aromatic carbocycles. The molecule has 2 aliphatic rings. The molecule has 0 spiro atoms. The van der Waals surface area contributed by atoms with Crippen molar-refractivity contribution in [1.29, 1.82) is 0 Å². The minimum absolute atomic E-state index is 0.000539. The molecule has 2 fully saturated rings. The number of piperazine rings is 1. The number of anilines is 1. The smallest absolute Gasteiger partial charge is 0.453 e. The van der Waals surface area contributed by atoms with Gasteiger partial charge in [-0.2, -0.15) is 26.3 Å². The highest BCUT2D eigenvalue weighted by Crippen LogP contribution is 2.38. The molecule has 15 heteroatoms. The Morgan fingerprint density at radius 2 is 1.67 bits per heavy atom. The molecule has 0 saturated carbocycles. The van der Waals surface area contributed by atoms with E-state index in [1.807, 2.05) is 0 Å². The van der Waals surface area contributed by atoms with Crippen LogP contribution >= 0.6 is 0 Å². The van der Waals surface area contributed by atoms with Gasteiger partial charge in [-0.3, -0.25) is 9.78 Å². The number of alkyl halides is 5. The van der Waals surface area contributed by atoms with E-state index < -0.39 is 45.7 Å². The highest BCUT2D eigenvalue weighted by Gasteiger charge is 2.57. The average Bonchev–Trinajstić information content (AvgIpc) is 2.77. The molecule has 2 aliphatic heterocycles. The van der Waals surface area contributed by atoms with Crippen molar-refractivity contribution in [1.82, 2.24) is 14.3 Å². The molecule has 0 radical (unpaired) electrons. The lowest BCUT2D eigenvalue weighted by Gasteiger charge is -2.40. The zero-order valence-corrected chi connectivity index (χ0v) is 18.2. The number of halogens is 5. The second kappa shape index (κ2) is 9.25. The average molecular weight is 502 g/mol. The van der Waals surface area contributed by atoms with Gasteiger partial charge in [0.05, 0.1) is 18.1 Å². The summed E-state index contributed by atoms with van der Waals surface area (Å²) in [6.45, 7) is 0.404. The van der Waals surface area contributed by atoms with Gasteiger partial charge < -0.3 is 14.7 Å². The molecule has 0 amide bonds. The van der Waals surface area contributed by atoms with Crippen molar-refractivity contribution < 1.29 is 45.0 Å². The number of nitrogens with zero attached hydrogens (tertiary/aromatic N) is 4. The van der Waals surface area contributed by atoms with Gasteiger partial charge in [-0.05, 0) is 6.42 Å². The Morgan fingerprint density at radius 1 is 1.06 bits per heavy atom. The summed E-state index contributed by atoms with van der Waals surface area (Å²) in [4.78, 5) is 21.5. The van der Waals surface area contributed by atoms with Gasteiger partial charge in [0.2, 0.25) is 10.0 Å². The van der Waals surface area contributed by atoms with Crippen molar-refractivity contribution >= 4 is 21.8 Å². The van der Waals surface area contributed by atoms with Crippen LogP contribution in [-0.2, 0) is 26.0 Å². The number of hydrogen-bond donors (Lipinski definition) is 1. The summed E-state index contributed by atoms with van der Waals surface area (Å²) in [5.41, 5.74) is -0.0354. The lowest BCUT2D eigenvalue weighted by Crippen LogP contribution is -2.60. The number of hydrogen-bond acceptors (Lipinski definition) is 7. The number of carbonyl (C=O) groups is 1. The van der Waals surface area contributed by atoms with Crippen LogP contribution in [0.15, 0.2) is 12.4 Å². The van der Waals surface area contributed by atoms with Crippen molar-refractivity contribution in [2.75, 3.05) is 44.3 Å². The molecule has 3 heterocycles. The van der Waals surface area contributed by atoms with Crippen molar-refractivity contribution in [3.8, 4) is 0 Å². The van der Waals surface area contributed by atoms with E-state index in [0.717, 1.165) is 10.5 Å². The zero-order valence-electron chi connectivity index (χ0n) is 17.4. The summed E-state index contributed by atoms with van der Waals surface area (Å²) in [5.74, 6) is -5.93. The van der Waals surface area contributed by atoms with Gasteiger partial charge in [0, 0.05) is 58.7 Å². The molecular weight excluding hydrogens is 479 g/mol. The molecule has 2 saturated heterocycles. The lowest BCUT2D eigenvalue weighted by molar-refractivity contribution is -0.284. The normalized spacial score (nSPS) is 20.6. The predicted octanol–water partition coefficient (Wildman–Crippen LogP) is 1.69. The second-order valence-electron chi connectivity index (χ2n) is 7.87. The number of aryl methyl sites for hydroxylation is 1. The number of ether oxygens (including phenoxy) is 1. The zero-order chi connectivity index (χ0) is 24.5. The molecule has 0 unspecified atom stereocenters. The number of carboxylic acid groups (broad SMARTS) is 1. The first-order valence-electron chi connectivity index (χ1n) is 10.1. The fourth-order valence-corrected chi connectivity index (χ4v) is 5.80. The Hall–Kier alpha value is -2.13. The summed E-state index contributed by atoms with van der Waals surface area (Å²) >= 11 is 0. The Morgan fingerprint density at radius 3 is 2.15 bits per heavy atom. The maximum atomic E-state index is 13.1. The van der Waals surface area contributed by atoms with E-state index in [9.17, 15) is 40.3 Å². The van der Waals surface area contributed by atoms with Gasteiger partial charge in [-0.1, -0.05) is 0 Å². The Kier molecular flexibility index (Phi) is 7.15. The Labute approximate surface area is 186 Å². The number of rotatable bonds is 7. The number of aliphatic carboxylic acids is 1. The third-order valence-electron chi connectivity index (χ3n) is 5.89. The SMILES string of the molecule is O=C(O)C1(S(=O)(=O)N2CCN(c3cnc(CCC(F)(F)C(F)(F)F)cn3)CC2)CCOCC1. The first kappa shape index (κ1) is 25.5.